The number of aromatic nitrogens is 6. The number of halogens is 4. The first-order chi connectivity index (χ1) is 58.4. The van der Waals surface area contributed by atoms with Crippen LogP contribution in [-0.4, -0.2) is 105 Å². The lowest BCUT2D eigenvalue weighted by Gasteiger charge is -2.36. The largest absolute Gasteiger partial charge is 0.507 e. The lowest BCUT2D eigenvalue weighted by Crippen LogP contribution is -2.44. The second-order valence-corrected chi connectivity index (χ2v) is 37.6. The van der Waals surface area contributed by atoms with E-state index in [0.717, 1.165) is 169 Å². The number of fused-ring (bicyclic) bond motifs is 4. The van der Waals surface area contributed by atoms with Gasteiger partial charge in [-0.25, -0.2) is 24.9 Å². The smallest absolute Gasteiger partial charge is 0.309 e. The summed E-state index contributed by atoms with van der Waals surface area (Å²) in [5.74, 6) is 10.8. The summed E-state index contributed by atoms with van der Waals surface area (Å²) < 4.78 is 56.5. The number of phenols is 1. The number of nitrogens with zero attached hydrogens (tertiary/aromatic N) is 6. The number of benzene rings is 6. The fraction of sp³-hybridized carbons (Fsp3) is 0.438. The predicted molar refractivity (Wildman–Crippen MR) is 489 cm³/mol. The number of aryl methyl sites for hydroxylation is 2. The van der Waals surface area contributed by atoms with Crippen LogP contribution in [0.4, 0.5) is 0 Å². The van der Waals surface area contributed by atoms with E-state index < -0.39 is 11.8 Å². The minimum Gasteiger partial charge on any atom is -0.507 e. The Bertz CT molecular complexity index is 5670. The highest BCUT2D eigenvalue weighted by Crippen LogP contribution is 2.42. The molecule has 6 aromatic carbocycles. The summed E-state index contributed by atoms with van der Waals surface area (Å²) >= 11 is 20.9. The molecule has 4 N–H and O–H groups in total. The van der Waals surface area contributed by atoms with Crippen molar-refractivity contribution in [1.82, 2.24) is 34.8 Å². The highest BCUT2D eigenvalue weighted by atomic mass is 79.9. The Morgan fingerprint density at radius 1 is 0.623 bits per heavy atom. The molecule has 2 amide bonds. The quantitative estimate of drug-likeness (QED) is 0.0472. The van der Waals surface area contributed by atoms with Gasteiger partial charge in [0.2, 0.25) is 0 Å². The SMILES string of the molecule is CC(C)(C)c1cc(Cc2nc3cc(Cl)cc(C#Cc4nccs4)c3o2)cc(C(C)(C)C)c1O.COC1CCC(CNC(=O)C(N)=O)CC1OC1CCCC1.COc1ccc(Cc2nc3cc(Cl)cc(Br)c3o2)cc1OC1CCCC1.COc1ccc(Cc2nc3cccc(Br)c3o2)cc1OC1CCCC1.Cc1cc2cccnc2n(CCC(C)C)c1=O. The molecule has 0 radical (unpaired) electrons. The fourth-order valence-corrected chi connectivity index (χ4v) is 17.7. The van der Waals surface area contributed by atoms with E-state index in [-0.39, 0.29) is 34.7 Å². The molecule has 122 heavy (non-hydrogen) atoms. The van der Waals surface area contributed by atoms with Crippen molar-refractivity contribution in [3.8, 4) is 40.6 Å². The molecule has 646 valence electrons. The molecule has 16 rings (SSSR count). The van der Waals surface area contributed by atoms with Gasteiger partial charge in [-0.15, -0.1) is 11.3 Å². The number of oxazole rings is 3. The molecule has 26 heteroatoms. The maximum atomic E-state index is 12.1. The van der Waals surface area contributed by atoms with Crippen molar-refractivity contribution in [2.24, 2.45) is 17.6 Å². The van der Waals surface area contributed by atoms with E-state index in [1.54, 1.807) is 62.6 Å². The van der Waals surface area contributed by atoms with E-state index in [0.29, 0.717) is 106 Å². The van der Waals surface area contributed by atoms with Gasteiger partial charge in [0, 0.05) is 78.2 Å². The summed E-state index contributed by atoms with van der Waals surface area (Å²) in [5.41, 5.74) is 16.3. The van der Waals surface area contributed by atoms with Gasteiger partial charge < -0.3 is 57.8 Å². The molecule has 4 saturated carbocycles. The number of amides is 2. The third-order valence-corrected chi connectivity index (χ3v) is 24.5. The Balaban J connectivity index is 0.000000142. The zero-order chi connectivity index (χ0) is 86.9. The van der Waals surface area contributed by atoms with E-state index in [4.69, 9.17) is 70.6 Å². The molecular formula is C96H110Br2Cl2N8O13S. The molecule has 6 heterocycles. The first kappa shape index (κ1) is 91.9. The zero-order valence-corrected chi connectivity index (χ0v) is 77.0. The lowest BCUT2D eigenvalue weighted by molar-refractivity contribution is -0.137. The number of para-hydroxylation sites is 1. The molecule has 21 nitrogen and oxygen atoms in total. The standard InChI is InChI=1S/C27H27ClN2O2S.C20H19BrClNO3.C20H20BrNO3.C15H26N2O4.C14H18N2O/c1-26(2,3)19-11-16(12-20(24(19)31)27(4,5)6)13-22-30-21-15-18(28)14-17(25(21)32-22)7-8-23-29-9-10-33-23;1-24-17-7-6-12(8-18(17)25-14-4-2-3-5-14)9-19-23-16-11-13(22)10-15(21)20(16)26-19;1-23-17-10-9-13(11-18(17)24-14-5-2-3-6-14)12-19-22-16-8-4-7-15(21)20(16)25-19;1-20-12-7-6-10(9-17-15(19)14(16)18)8-13(12)21-11-4-2-3-5-11;1-10(2)6-8-16-13-12(5-4-7-15-13)9-11(3)14(16)17/h9-12,14-15,31H,13H2,1-6H3;6-8,10-11,14H,2-5,9H2,1H3;4,7-11,14H,2-3,5-6,12H2,1H3;10-13H,2-9H2,1H3,(H2,16,18)(H,17,19);4-5,7,9-10H,6,8H2,1-3H3. The predicted octanol–water partition coefficient (Wildman–Crippen LogP) is 22.4. The van der Waals surface area contributed by atoms with Crippen LogP contribution < -0.4 is 35.6 Å². The first-order valence-electron chi connectivity index (χ1n) is 42.0. The number of pyridine rings is 2. The highest BCUT2D eigenvalue weighted by molar-refractivity contribution is 9.11. The number of ether oxygens (including phenoxy) is 6. The molecule has 0 bridgehead atoms. The fourth-order valence-electron chi connectivity index (χ4n) is 15.7. The topological polar surface area (TPSA) is 274 Å². The zero-order valence-electron chi connectivity index (χ0n) is 71.5. The monoisotopic (exact) mass is 1840 g/mol. The molecular weight excluding hydrogens is 1740 g/mol. The third kappa shape index (κ3) is 24.8. The second-order valence-electron chi connectivity index (χ2n) is 34.1. The summed E-state index contributed by atoms with van der Waals surface area (Å²) in [6, 6.07) is 35.0. The number of rotatable bonds is 20. The van der Waals surface area contributed by atoms with Crippen LogP contribution in [0.3, 0.4) is 0 Å². The van der Waals surface area contributed by atoms with Crippen molar-refractivity contribution in [1.29, 1.82) is 0 Å². The van der Waals surface area contributed by atoms with Crippen LogP contribution in [0.5, 0.6) is 28.7 Å². The van der Waals surface area contributed by atoms with Crippen molar-refractivity contribution in [3.63, 3.8) is 0 Å². The van der Waals surface area contributed by atoms with Gasteiger partial charge in [0.15, 0.2) is 62.4 Å². The lowest BCUT2D eigenvalue weighted by atomic mass is 9.78. The molecule has 4 fully saturated rings. The molecule has 0 aliphatic heterocycles. The second kappa shape index (κ2) is 42.4. The number of thiazole rings is 1. The number of phenolic OH excluding ortho intramolecular Hbond substituents is 1. The number of aromatic hydroxyl groups is 1. The van der Waals surface area contributed by atoms with Crippen molar-refractivity contribution in [2.45, 2.75) is 232 Å². The van der Waals surface area contributed by atoms with Gasteiger partial charge in [0.1, 0.15) is 27.9 Å². The molecule has 4 aliphatic carbocycles. The number of nitrogens with two attached hydrogens (primary N) is 1. The average molecular weight is 1850 g/mol. The number of carbonyl (C=O) groups is 2. The van der Waals surface area contributed by atoms with E-state index >= 15 is 0 Å². The highest BCUT2D eigenvalue weighted by Gasteiger charge is 2.35. The van der Waals surface area contributed by atoms with E-state index in [9.17, 15) is 19.5 Å². The Hall–Kier alpha value is -9.32. The first-order valence-corrected chi connectivity index (χ1v) is 45.2. The van der Waals surface area contributed by atoms with Gasteiger partial charge in [-0.1, -0.05) is 128 Å². The van der Waals surface area contributed by atoms with Gasteiger partial charge in [-0.2, -0.15) is 0 Å². The Morgan fingerprint density at radius 3 is 1.71 bits per heavy atom. The maximum absolute atomic E-state index is 12.1. The normalized spacial score (nSPS) is 16.3. The Kier molecular flexibility index (Phi) is 31.9. The summed E-state index contributed by atoms with van der Waals surface area (Å²) in [4.78, 5) is 56.4. The van der Waals surface area contributed by atoms with Gasteiger partial charge in [-0.3, -0.25) is 19.0 Å². The number of hydrogen-bond acceptors (Lipinski definition) is 19. The molecule has 4 aliphatic rings. The van der Waals surface area contributed by atoms with Gasteiger partial charge >= 0.3 is 11.8 Å². The van der Waals surface area contributed by atoms with Crippen LogP contribution in [0.15, 0.2) is 154 Å². The molecule has 3 atom stereocenters. The minimum absolute atomic E-state index is 0.0804. The van der Waals surface area contributed by atoms with Crippen LogP contribution in [0.25, 0.3) is 44.3 Å². The van der Waals surface area contributed by atoms with Crippen LogP contribution >= 0.6 is 66.4 Å². The number of nitrogens with one attached hydrogen (secondary N) is 1. The van der Waals surface area contributed by atoms with E-state index in [1.165, 1.54) is 49.9 Å². The van der Waals surface area contributed by atoms with Crippen molar-refractivity contribution in [3.05, 3.63) is 218 Å². The minimum atomic E-state index is -0.931. The summed E-state index contributed by atoms with van der Waals surface area (Å²) in [7, 11) is 5.07. The van der Waals surface area contributed by atoms with Crippen molar-refractivity contribution in [2.75, 3.05) is 27.9 Å². The molecule has 0 saturated heterocycles. The number of carbonyl (C=O) groups excluding carboxylic acids is 2. The van der Waals surface area contributed by atoms with Crippen LogP contribution in [-0.2, 0) is 55.7 Å². The van der Waals surface area contributed by atoms with E-state index in [1.807, 2.05) is 85.1 Å². The molecule has 3 unspecified atom stereocenters. The molecule has 0 spiro atoms. The van der Waals surface area contributed by atoms with Gasteiger partial charge in [0.25, 0.3) is 5.56 Å². The van der Waals surface area contributed by atoms with Crippen molar-refractivity contribution >= 4 is 123 Å². The van der Waals surface area contributed by atoms with Gasteiger partial charge in [-0.05, 0) is 264 Å². The summed E-state index contributed by atoms with van der Waals surface area (Å²) in [6.07, 6.45) is 24.2. The summed E-state index contributed by atoms with van der Waals surface area (Å²) in [5, 5.41) is 18.4. The van der Waals surface area contributed by atoms with E-state index in [2.05, 4.69) is 141 Å². The third-order valence-electron chi connectivity index (χ3n) is 22.1. The number of primary amides is 1. The van der Waals surface area contributed by atoms with Crippen LogP contribution in [0.1, 0.15) is 220 Å². The Labute approximate surface area is 744 Å². The molecule has 12 aromatic rings. The maximum Gasteiger partial charge on any atom is 0.309 e. The Morgan fingerprint density at radius 2 is 1.17 bits per heavy atom. The van der Waals surface area contributed by atoms with Crippen molar-refractivity contribution < 1.29 is 56.4 Å². The van der Waals surface area contributed by atoms with Crippen LogP contribution in [0, 0.1) is 30.6 Å². The number of methoxy groups -OCH3 is 3. The summed E-state index contributed by atoms with van der Waals surface area (Å²) in [6.45, 7) is 20.0. The van der Waals surface area contributed by atoms with Gasteiger partial charge in [0.05, 0.1) is 59.2 Å². The average Bonchev–Trinajstić information content (AvgIpc) is 1.02. The van der Waals surface area contributed by atoms with Crippen LogP contribution in [0.2, 0.25) is 10.0 Å². The molecule has 6 aromatic heterocycles. The number of hydrogen-bond donors (Lipinski definition) is 3.